The Morgan fingerprint density at radius 1 is 1.18 bits per heavy atom. The van der Waals surface area contributed by atoms with Crippen molar-refractivity contribution in [3.8, 4) is 16.2 Å². The molecule has 1 atom stereocenters. The number of nitrogens with zero attached hydrogens (tertiary/aromatic N) is 1. The molecule has 15 heteroatoms. The van der Waals surface area contributed by atoms with Crippen LogP contribution in [-0.4, -0.2) is 39.5 Å². The number of alkyl halides is 3. The fraction of sp³-hybridized carbons (Fsp3) is 0.320. The lowest BCUT2D eigenvalue weighted by atomic mass is 10.1. The van der Waals surface area contributed by atoms with E-state index in [1.54, 1.807) is 12.1 Å². The Morgan fingerprint density at radius 3 is 2.40 bits per heavy atom. The van der Waals surface area contributed by atoms with Crippen molar-refractivity contribution in [3.05, 3.63) is 52.9 Å². The molecule has 0 radical (unpaired) electrons. The number of aryl methyl sites for hydroxylation is 1. The van der Waals surface area contributed by atoms with Gasteiger partial charge in [-0.3, -0.25) is 9.52 Å². The number of carboxylic acid groups (broad SMARTS) is 1. The van der Waals surface area contributed by atoms with Crippen LogP contribution in [-0.2, 0) is 20.6 Å². The van der Waals surface area contributed by atoms with Crippen LogP contribution in [0.3, 0.4) is 0 Å². The van der Waals surface area contributed by atoms with Gasteiger partial charge in [0.2, 0.25) is 5.91 Å². The molecule has 1 unspecified atom stereocenters. The summed E-state index contributed by atoms with van der Waals surface area (Å²) in [5.74, 6) is -2.73. The van der Waals surface area contributed by atoms with E-state index in [-0.39, 0.29) is 16.8 Å². The first-order valence-corrected chi connectivity index (χ1v) is 14.0. The van der Waals surface area contributed by atoms with Gasteiger partial charge in [0.05, 0.1) is 28.4 Å². The number of rotatable bonds is 7. The van der Waals surface area contributed by atoms with Crippen LogP contribution in [0.15, 0.2) is 41.3 Å². The highest BCUT2D eigenvalue weighted by Crippen LogP contribution is 2.37. The highest BCUT2D eigenvalue weighted by molar-refractivity contribution is 7.86. The summed E-state index contributed by atoms with van der Waals surface area (Å²) in [7, 11) is -0.230. The van der Waals surface area contributed by atoms with E-state index in [1.165, 1.54) is 30.6 Å². The third kappa shape index (κ3) is 8.15. The average molecular weight is 622 g/mol. The second-order valence-corrected chi connectivity index (χ2v) is 11.2. The summed E-state index contributed by atoms with van der Waals surface area (Å²) in [4.78, 5) is 27.1. The molecule has 3 aromatic rings. The summed E-state index contributed by atoms with van der Waals surface area (Å²) in [5, 5.41) is 10.7. The van der Waals surface area contributed by atoms with Crippen LogP contribution in [0, 0.1) is 18.7 Å². The Labute approximate surface area is 238 Å². The van der Waals surface area contributed by atoms with Crippen molar-refractivity contribution < 1.29 is 41.2 Å². The minimum atomic E-state index is -5.08. The maximum Gasteiger partial charge on any atom is 0.490 e. The van der Waals surface area contributed by atoms with Gasteiger partial charge >= 0.3 is 12.1 Å². The van der Waals surface area contributed by atoms with E-state index in [0.717, 1.165) is 47.9 Å². The van der Waals surface area contributed by atoms with Gasteiger partial charge in [0, 0.05) is 5.92 Å². The number of amides is 1. The summed E-state index contributed by atoms with van der Waals surface area (Å²) in [6.45, 7) is 1.87. The normalized spacial score (nSPS) is 14.2. The van der Waals surface area contributed by atoms with Crippen LogP contribution in [0.2, 0.25) is 5.02 Å². The van der Waals surface area contributed by atoms with E-state index < -0.39 is 28.9 Å². The highest BCUT2D eigenvalue weighted by Gasteiger charge is 2.38. The number of carboxylic acids is 1. The molecular formula is C25H24ClF4N3O5S2. The van der Waals surface area contributed by atoms with Crippen molar-refractivity contribution in [2.45, 2.75) is 43.7 Å². The number of aromatic nitrogens is 1. The van der Waals surface area contributed by atoms with Crippen molar-refractivity contribution in [1.82, 2.24) is 4.98 Å². The van der Waals surface area contributed by atoms with Crippen LogP contribution in [0.1, 0.15) is 31.4 Å². The molecule has 1 heterocycles. The van der Waals surface area contributed by atoms with E-state index in [9.17, 15) is 26.6 Å². The van der Waals surface area contributed by atoms with E-state index in [2.05, 4.69) is 15.0 Å². The fourth-order valence-corrected chi connectivity index (χ4v) is 6.10. The number of thiazole rings is 1. The quantitative estimate of drug-likeness (QED) is 0.249. The number of aliphatic carboxylic acids is 1. The molecule has 0 saturated heterocycles. The molecule has 1 aliphatic carbocycles. The van der Waals surface area contributed by atoms with Gasteiger partial charge in [-0.15, -0.1) is 0 Å². The summed E-state index contributed by atoms with van der Waals surface area (Å²) in [6.07, 6.45) is -1.07. The standard InChI is InChI=1S/C23H23ClFN3O3S2.C2HF3O2/c1-13-21(32-23(26-13)27-22(29)14-5-3-4-6-14)15-7-10-19(31-2)20(11-15)33(30)28-18-9-8-16(25)12-17(18)24;3-2(4,5)1(6)7/h7-12,14,28H,3-6H2,1-2H3,(H,26,27,29);(H,6,7). The van der Waals surface area contributed by atoms with Gasteiger partial charge in [0.25, 0.3) is 0 Å². The maximum atomic E-state index is 13.3. The fourth-order valence-electron chi connectivity index (χ4n) is 3.80. The van der Waals surface area contributed by atoms with Crippen molar-refractivity contribution in [3.63, 3.8) is 0 Å². The number of anilines is 2. The second kappa shape index (κ2) is 13.4. The average Bonchev–Trinajstić information content (AvgIpc) is 3.55. The van der Waals surface area contributed by atoms with Gasteiger partial charge in [0.1, 0.15) is 16.5 Å². The van der Waals surface area contributed by atoms with Crippen molar-refractivity contribution in [1.29, 1.82) is 0 Å². The number of carbonyl (C=O) groups excluding carboxylic acids is 1. The molecule has 8 nitrogen and oxygen atoms in total. The predicted octanol–water partition coefficient (Wildman–Crippen LogP) is 6.82. The zero-order chi connectivity index (χ0) is 29.6. The number of carbonyl (C=O) groups is 2. The Kier molecular flexibility index (Phi) is 10.5. The number of methoxy groups -OCH3 is 1. The van der Waals surface area contributed by atoms with E-state index in [0.29, 0.717) is 21.5 Å². The molecular weight excluding hydrogens is 598 g/mol. The van der Waals surface area contributed by atoms with Gasteiger partial charge in [-0.25, -0.2) is 18.4 Å². The number of ether oxygens (including phenoxy) is 1. The van der Waals surface area contributed by atoms with Gasteiger partial charge in [-0.1, -0.05) is 35.8 Å². The lowest BCUT2D eigenvalue weighted by molar-refractivity contribution is -0.192. The first-order chi connectivity index (χ1) is 18.8. The SMILES string of the molecule is COc1ccc(-c2sc(NC(=O)C3CCCC3)nc2C)cc1S(=O)Nc1ccc(F)cc1Cl.O=C(O)C(F)(F)F. The Hall–Kier alpha value is -3.23. The molecule has 2 aromatic carbocycles. The van der Waals surface area contributed by atoms with E-state index in [1.807, 2.05) is 13.0 Å². The molecule has 1 aliphatic rings. The van der Waals surface area contributed by atoms with Crippen molar-refractivity contribution >= 4 is 56.6 Å². The van der Waals surface area contributed by atoms with Crippen LogP contribution in [0.5, 0.6) is 5.75 Å². The van der Waals surface area contributed by atoms with Crippen LogP contribution in [0.25, 0.3) is 10.4 Å². The lowest BCUT2D eigenvalue weighted by Crippen LogP contribution is -2.21. The highest BCUT2D eigenvalue weighted by atomic mass is 35.5. The summed E-state index contributed by atoms with van der Waals surface area (Å²) in [6, 6.07) is 9.15. The summed E-state index contributed by atoms with van der Waals surface area (Å²) < 4.78 is 66.4. The van der Waals surface area contributed by atoms with Gasteiger partial charge in [-0.05, 0) is 61.7 Å². The molecule has 216 valence electrons. The third-order valence-corrected chi connectivity index (χ3v) is 8.31. The number of hydrogen-bond acceptors (Lipinski definition) is 6. The summed E-state index contributed by atoms with van der Waals surface area (Å²) >= 11 is 7.44. The minimum absolute atomic E-state index is 0.0182. The molecule has 4 rings (SSSR count). The Morgan fingerprint density at radius 2 is 1.82 bits per heavy atom. The lowest BCUT2D eigenvalue weighted by Gasteiger charge is -2.12. The molecule has 1 saturated carbocycles. The zero-order valence-corrected chi connectivity index (χ0v) is 23.5. The predicted molar refractivity (Wildman–Crippen MR) is 145 cm³/mol. The van der Waals surface area contributed by atoms with Crippen molar-refractivity contribution in [2.24, 2.45) is 5.92 Å². The largest absolute Gasteiger partial charge is 0.495 e. The monoisotopic (exact) mass is 621 g/mol. The first-order valence-electron chi connectivity index (χ1n) is 11.7. The number of halogens is 5. The van der Waals surface area contributed by atoms with Crippen molar-refractivity contribution in [2.75, 3.05) is 17.1 Å². The molecule has 1 amide bonds. The molecule has 0 spiro atoms. The number of hydrogen-bond donors (Lipinski definition) is 3. The zero-order valence-electron chi connectivity index (χ0n) is 21.1. The van der Waals surface area contributed by atoms with E-state index >= 15 is 0 Å². The topological polar surface area (TPSA) is 118 Å². The second-order valence-electron chi connectivity index (χ2n) is 8.57. The minimum Gasteiger partial charge on any atom is -0.495 e. The molecule has 0 aliphatic heterocycles. The van der Waals surface area contributed by atoms with Crippen LogP contribution >= 0.6 is 22.9 Å². The maximum absolute atomic E-state index is 13.3. The van der Waals surface area contributed by atoms with Gasteiger partial charge in [0.15, 0.2) is 16.1 Å². The first kappa shape index (κ1) is 31.3. The van der Waals surface area contributed by atoms with Gasteiger partial charge in [-0.2, -0.15) is 13.2 Å². The van der Waals surface area contributed by atoms with E-state index in [4.69, 9.17) is 26.2 Å². The summed E-state index contributed by atoms with van der Waals surface area (Å²) in [5.41, 5.74) is 1.90. The van der Waals surface area contributed by atoms with Gasteiger partial charge < -0.3 is 15.2 Å². The third-order valence-electron chi connectivity index (χ3n) is 5.75. The number of nitrogens with one attached hydrogen (secondary N) is 2. The Bertz CT molecular complexity index is 1410. The smallest absolute Gasteiger partial charge is 0.490 e. The molecule has 40 heavy (non-hydrogen) atoms. The number of benzene rings is 2. The van der Waals surface area contributed by atoms with Crippen LogP contribution < -0.4 is 14.8 Å². The molecule has 3 N–H and O–H groups in total. The molecule has 1 aromatic heterocycles. The molecule has 0 bridgehead atoms. The Balaban J connectivity index is 0.000000559. The van der Waals surface area contributed by atoms with Crippen LogP contribution in [0.4, 0.5) is 28.4 Å². The molecule has 1 fully saturated rings.